The number of hydrogen-bond donors (Lipinski definition) is 2. The third-order valence-corrected chi connectivity index (χ3v) is 3.70. The quantitative estimate of drug-likeness (QED) is 0.646. The molecule has 14 heavy (non-hydrogen) atoms. The third-order valence-electron chi connectivity index (χ3n) is 1.96. The zero-order valence-electron chi connectivity index (χ0n) is 9.16. The standard InChI is InChI=1S/C9H21NO3S/c1-4-14(12,13)6-5-9(11)7-10-8(2)3/h8-11H,4-7H2,1-3H3. The number of sulfone groups is 1. The van der Waals surface area contributed by atoms with E-state index in [2.05, 4.69) is 5.32 Å². The van der Waals surface area contributed by atoms with Crippen LogP contribution in [-0.4, -0.2) is 43.7 Å². The maximum atomic E-state index is 11.1. The third kappa shape index (κ3) is 7.29. The normalized spacial score (nSPS) is 14.6. The second-order valence-electron chi connectivity index (χ2n) is 3.74. The highest BCUT2D eigenvalue weighted by molar-refractivity contribution is 7.91. The first kappa shape index (κ1) is 13.9. The van der Waals surface area contributed by atoms with E-state index in [1.165, 1.54) is 0 Å². The molecule has 0 aromatic rings. The topological polar surface area (TPSA) is 66.4 Å². The molecule has 0 aliphatic rings. The number of rotatable bonds is 7. The Morgan fingerprint density at radius 1 is 1.36 bits per heavy atom. The number of nitrogens with one attached hydrogen (secondary N) is 1. The lowest BCUT2D eigenvalue weighted by Gasteiger charge is -2.13. The van der Waals surface area contributed by atoms with E-state index in [1.807, 2.05) is 13.8 Å². The molecular formula is C9H21NO3S. The lowest BCUT2D eigenvalue weighted by molar-refractivity contribution is 0.165. The molecule has 1 atom stereocenters. The highest BCUT2D eigenvalue weighted by Crippen LogP contribution is 1.98. The van der Waals surface area contributed by atoms with Gasteiger partial charge in [0.05, 0.1) is 11.9 Å². The van der Waals surface area contributed by atoms with Gasteiger partial charge in [-0.1, -0.05) is 20.8 Å². The van der Waals surface area contributed by atoms with Crippen molar-refractivity contribution in [1.82, 2.24) is 5.32 Å². The van der Waals surface area contributed by atoms with Crippen LogP contribution in [0.25, 0.3) is 0 Å². The summed E-state index contributed by atoms with van der Waals surface area (Å²) in [7, 11) is -2.94. The van der Waals surface area contributed by atoms with Crippen LogP contribution in [0.15, 0.2) is 0 Å². The van der Waals surface area contributed by atoms with Gasteiger partial charge < -0.3 is 10.4 Å². The van der Waals surface area contributed by atoms with Crippen LogP contribution in [0.3, 0.4) is 0 Å². The van der Waals surface area contributed by atoms with Gasteiger partial charge in [0.2, 0.25) is 0 Å². The van der Waals surface area contributed by atoms with Crippen LogP contribution in [0.1, 0.15) is 27.2 Å². The van der Waals surface area contributed by atoms with Gasteiger partial charge in [-0.25, -0.2) is 8.42 Å². The van der Waals surface area contributed by atoms with E-state index in [9.17, 15) is 13.5 Å². The van der Waals surface area contributed by atoms with E-state index in [1.54, 1.807) is 6.92 Å². The van der Waals surface area contributed by atoms with Gasteiger partial charge in [0, 0.05) is 18.3 Å². The van der Waals surface area contributed by atoms with Crippen LogP contribution in [0, 0.1) is 0 Å². The first-order valence-corrected chi connectivity index (χ1v) is 6.81. The average Bonchev–Trinajstić information content (AvgIpc) is 2.11. The molecule has 1 unspecified atom stereocenters. The van der Waals surface area contributed by atoms with Crippen molar-refractivity contribution in [3.05, 3.63) is 0 Å². The van der Waals surface area contributed by atoms with E-state index in [0.717, 1.165) is 0 Å². The lowest BCUT2D eigenvalue weighted by atomic mass is 10.2. The minimum Gasteiger partial charge on any atom is -0.392 e. The number of aliphatic hydroxyl groups is 1. The molecule has 0 spiro atoms. The molecule has 0 bridgehead atoms. The first-order valence-electron chi connectivity index (χ1n) is 4.99. The zero-order chi connectivity index (χ0) is 11.2. The fraction of sp³-hybridized carbons (Fsp3) is 1.00. The van der Waals surface area contributed by atoms with E-state index in [-0.39, 0.29) is 11.5 Å². The molecule has 2 N–H and O–H groups in total. The van der Waals surface area contributed by atoms with Gasteiger partial charge in [0.15, 0.2) is 0 Å². The van der Waals surface area contributed by atoms with Crippen molar-refractivity contribution in [2.24, 2.45) is 0 Å². The maximum absolute atomic E-state index is 11.1. The summed E-state index contributed by atoms with van der Waals surface area (Å²) < 4.78 is 22.2. The van der Waals surface area contributed by atoms with E-state index >= 15 is 0 Å². The Labute approximate surface area is 86.6 Å². The van der Waals surface area contributed by atoms with Crippen LogP contribution in [0.2, 0.25) is 0 Å². The van der Waals surface area contributed by atoms with E-state index in [0.29, 0.717) is 19.0 Å². The van der Waals surface area contributed by atoms with Gasteiger partial charge in [0.1, 0.15) is 9.84 Å². The Bertz CT molecular complexity index is 236. The van der Waals surface area contributed by atoms with E-state index in [4.69, 9.17) is 0 Å². The summed E-state index contributed by atoms with van der Waals surface area (Å²) in [5.74, 6) is 0.224. The number of hydrogen-bond acceptors (Lipinski definition) is 4. The van der Waals surface area contributed by atoms with E-state index < -0.39 is 15.9 Å². The van der Waals surface area contributed by atoms with Gasteiger partial charge in [-0.2, -0.15) is 0 Å². The van der Waals surface area contributed by atoms with Crippen molar-refractivity contribution in [1.29, 1.82) is 0 Å². The SMILES string of the molecule is CCS(=O)(=O)CCC(O)CNC(C)C. The Hall–Kier alpha value is -0.130. The van der Waals surface area contributed by atoms with Crippen molar-refractivity contribution in [3.8, 4) is 0 Å². The first-order chi connectivity index (χ1) is 6.37. The van der Waals surface area contributed by atoms with Crippen molar-refractivity contribution in [2.75, 3.05) is 18.1 Å². The minimum atomic E-state index is -2.94. The van der Waals surface area contributed by atoms with Crippen molar-refractivity contribution >= 4 is 9.84 Å². The van der Waals surface area contributed by atoms with Crippen molar-refractivity contribution in [2.45, 2.75) is 39.3 Å². The number of aliphatic hydroxyl groups excluding tert-OH is 1. The van der Waals surface area contributed by atoms with Crippen LogP contribution in [-0.2, 0) is 9.84 Å². The molecule has 5 heteroatoms. The smallest absolute Gasteiger partial charge is 0.150 e. The van der Waals surface area contributed by atoms with Crippen LogP contribution in [0.4, 0.5) is 0 Å². The predicted octanol–water partition coefficient (Wildman–Crippen LogP) is 0.170. The molecule has 0 aromatic carbocycles. The zero-order valence-corrected chi connectivity index (χ0v) is 9.97. The molecule has 0 saturated heterocycles. The van der Waals surface area contributed by atoms with Crippen molar-refractivity contribution < 1.29 is 13.5 Å². The summed E-state index contributed by atoms with van der Waals surface area (Å²) in [4.78, 5) is 0. The second kappa shape index (κ2) is 6.37. The molecular weight excluding hydrogens is 202 g/mol. The summed E-state index contributed by atoms with van der Waals surface area (Å²) in [5, 5.41) is 12.5. The molecule has 86 valence electrons. The summed E-state index contributed by atoms with van der Waals surface area (Å²) >= 11 is 0. The summed E-state index contributed by atoms with van der Waals surface area (Å²) in [6.07, 6.45) is -0.255. The van der Waals surface area contributed by atoms with Gasteiger partial charge in [-0.05, 0) is 6.42 Å². The monoisotopic (exact) mass is 223 g/mol. The molecule has 0 aliphatic carbocycles. The van der Waals surface area contributed by atoms with Gasteiger partial charge in [-0.15, -0.1) is 0 Å². The molecule has 0 aliphatic heterocycles. The second-order valence-corrected chi connectivity index (χ2v) is 6.21. The fourth-order valence-electron chi connectivity index (χ4n) is 0.934. The van der Waals surface area contributed by atoms with Gasteiger partial charge in [-0.3, -0.25) is 0 Å². The van der Waals surface area contributed by atoms with Gasteiger partial charge in [0.25, 0.3) is 0 Å². The van der Waals surface area contributed by atoms with Crippen molar-refractivity contribution in [3.63, 3.8) is 0 Å². The van der Waals surface area contributed by atoms with Gasteiger partial charge >= 0.3 is 0 Å². The summed E-state index contributed by atoms with van der Waals surface area (Å²) in [5.41, 5.74) is 0. The Kier molecular flexibility index (Phi) is 6.31. The summed E-state index contributed by atoms with van der Waals surface area (Å²) in [6.45, 7) is 6.04. The molecule has 0 heterocycles. The maximum Gasteiger partial charge on any atom is 0.150 e. The Morgan fingerprint density at radius 2 is 1.93 bits per heavy atom. The fourth-order valence-corrected chi connectivity index (χ4v) is 1.85. The summed E-state index contributed by atoms with van der Waals surface area (Å²) in [6, 6.07) is 0.312. The minimum absolute atomic E-state index is 0.0739. The van der Waals surface area contributed by atoms with Crippen LogP contribution >= 0.6 is 0 Å². The largest absolute Gasteiger partial charge is 0.392 e. The average molecular weight is 223 g/mol. The highest BCUT2D eigenvalue weighted by atomic mass is 32.2. The van der Waals surface area contributed by atoms with Crippen LogP contribution in [0.5, 0.6) is 0 Å². The lowest BCUT2D eigenvalue weighted by Crippen LogP contribution is -2.33. The predicted molar refractivity (Wildman–Crippen MR) is 58.1 cm³/mol. The van der Waals surface area contributed by atoms with Crippen LogP contribution < -0.4 is 5.32 Å². The Morgan fingerprint density at radius 3 is 2.36 bits per heavy atom. The highest BCUT2D eigenvalue weighted by Gasteiger charge is 2.11. The molecule has 0 radical (unpaired) electrons. The molecule has 0 saturated carbocycles. The molecule has 0 aromatic heterocycles. The molecule has 0 amide bonds. The molecule has 0 rings (SSSR count). The Balaban J connectivity index is 3.69. The molecule has 4 nitrogen and oxygen atoms in total. The molecule has 0 fully saturated rings.